The molecule has 8 nitrogen and oxygen atoms in total. The Morgan fingerprint density at radius 3 is 2.55 bits per heavy atom. The zero-order valence-electron chi connectivity index (χ0n) is 19.3. The fraction of sp³-hybridized carbons (Fsp3) is 0.625. The number of likely N-dealkylation sites (tertiary alicyclic amines) is 1. The molecule has 0 radical (unpaired) electrons. The molecular weight excluding hydrogens is 448 g/mol. The maximum Gasteiger partial charge on any atom is 0.312 e. The highest BCUT2D eigenvalue weighted by molar-refractivity contribution is 6.30. The molecule has 1 spiro atoms. The normalized spacial score (nSPS) is 33.4. The average molecular weight is 479 g/mol. The van der Waals surface area contributed by atoms with Gasteiger partial charge >= 0.3 is 5.97 Å². The van der Waals surface area contributed by atoms with Crippen LogP contribution < -0.4 is 5.32 Å². The summed E-state index contributed by atoms with van der Waals surface area (Å²) in [5.74, 6) is -3.01. The number of hydrogen-bond donors (Lipinski definition) is 2. The van der Waals surface area contributed by atoms with Crippen LogP contribution in [0.4, 0.5) is 5.69 Å². The molecular formula is C24H31ClN2O6. The second kappa shape index (κ2) is 8.56. The number of nitrogens with zero attached hydrogens (tertiary/aromatic N) is 1. The van der Waals surface area contributed by atoms with Crippen molar-refractivity contribution in [3.63, 3.8) is 0 Å². The number of rotatable bonds is 7. The van der Waals surface area contributed by atoms with Crippen LogP contribution in [-0.2, 0) is 23.9 Å². The van der Waals surface area contributed by atoms with Gasteiger partial charge < -0.3 is 24.8 Å². The van der Waals surface area contributed by atoms with E-state index in [1.54, 1.807) is 31.2 Å². The van der Waals surface area contributed by atoms with E-state index in [9.17, 15) is 19.5 Å². The first-order valence-corrected chi connectivity index (χ1v) is 11.8. The van der Waals surface area contributed by atoms with Crippen molar-refractivity contribution < 1.29 is 29.0 Å². The molecule has 1 aromatic carbocycles. The standard InChI is InChI=1S/C24H31ClN2O6/c1-5-32-22(31)18-17-21(30)27(16(12-28)13(2)3)19(24(17)11-10-23(18,4)33-24)20(29)26-15-8-6-14(25)7-9-15/h6-9,13,16-19,28H,5,10-12H2,1-4H3,(H,26,29)/t16-,17-,18+,19?,23-,24?/m0/s1. The number of carbonyl (C=O) groups excluding carboxylic acids is 3. The Morgan fingerprint density at radius 1 is 1.30 bits per heavy atom. The lowest BCUT2D eigenvalue weighted by molar-refractivity contribution is -0.160. The van der Waals surface area contributed by atoms with Gasteiger partial charge in [-0.05, 0) is 56.9 Å². The molecule has 3 fully saturated rings. The van der Waals surface area contributed by atoms with Gasteiger partial charge in [-0.25, -0.2) is 0 Å². The SMILES string of the molecule is CCOC(=O)[C@H]1[C@H]2C(=O)N([C@@H](CO)C(C)C)C(C(=O)Nc3ccc(Cl)cc3)C23CC[C@]1(C)O3. The summed E-state index contributed by atoms with van der Waals surface area (Å²) in [6, 6.07) is 5.09. The van der Waals surface area contributed by atoms with Crippen LogP contribution in [0.2, 0.25) is 5.02 Å². The van der Waals surface area contributed by atoms with Crippen molar-refractivity contribution in [2.24, 2.45) is 17.8 Å². The molecule has 2 N–H and O–H groups in total. The highest BCUT2D eigenvalue weighted by atomic mass is 35.5. The van der Waals surface area contributed by atoms with Crippen molar-refractivity contribution in [1.82, 2.24) is 4.90 Å². The lowest BCUT2D eigenvalue weighted by Gasteiger charge is -2.38. The van der Waals surface area contributed by atoms with E-state index >= 15 is 0 Å². The number of aliphatic hydroxyl groups is 1. The van der Waals surface area contributed by atoms with Crippen molar-refractivity contribution in [2.45, 2.75) is 63.8 Å². The predicted molar refractivity (Wildman–Crippen MR) is 121 cm³/mol. The van der Waals surface area contributed by atoms with Gasteiger partial charge in [0, 0.05) is 10.7 Å². The fourth-order valence-electron chi connectivity index (χ4n) is 5.97. The number of ether oxygens (including phenoxy) is 2. The molecule has 3 saturated heterocycles. The van der Waals surface area contributed by atoms with Gasteiger partial charge in [-0.1, -0.05) is 25.4 Å². The van der Waals surface area contributed by atoms with Gasteiger partial charge in [-0.15, -0.1) is 0 Å². The van der Waals surface area contributed by atoms with Crippen LogP contribution in [0.25, 0.3) is 0 Å². The molecule has 3 aliphatic heterocycles. The van der Waals surface area contributed by atoms with E-state index < -0.39 is 47.0 Å². The minimum Gasteiger partial charge on any atom is -0.466 e. The number of hydrogen-bond acceptors (Lipinski definition) is 6. The minimum absolute atomic E-state index is 0.117. The number of benzene rings is 1. The summed E-state index contributed by atoms with van der Waals surface area (Å²) in [6.07, 6.45) is 0.992. The zero-order chi connectivity index (χ0) is 24.1. The zero-order valence-corrected chi connectivity index (χ0v) is 20.1. The third-order valence-electron chi connectivity index (χ3n) is 7.43. The maximum atomic E-state index is 13.9. The monoisotopic (exact) mass is 478 g/mol. The van der Waals surface area contributed by atoms with Gasteiger partial charge in [0.2, 0.25) is 11.8 Å². The Bertz CT molecular complexity index is 953. The second-order valence-corrected chi connectivity index (χ2v) is 10.2. The Morgan fingerprint density at radius 2 is 1.97 bits per heavy atom. The summed E-state index contributed by atoms with van der Waals surface area (Å²) in [5, 5.41) is 13.6. The molecule has 4 rings (SSSR count). The van der Waals surface area contributed by atoms with Gasteiger partial charge in [-0.2, -0.15) is 0 Å². The van der Waals surface area contributed by atoms with Gasteiger partial charge in [0.25, 0.3) is 0 Å². The van der Waals surface area contributed by atoms with Crippen molar-refractivity contribution in [1.29, 1.82) is 0 Å². The second-order valence-electron chi connectivity index (χ2n) is 9.72. The number of amides is 2. The smallest absolute Gasteiger partial charge is 0.312 e. The molecule has 2 amide bonds. The summed E-state index contributed by atoms with van der Waals surface area (Å²) in [5.41, 5.74) is -1.52. The van der Waals surface area contributed by atoms with Crippen LogP contribution in [0, 0.1) is 17.8 Å². The summed E-state index contributed by atoms with van der Waals surface area (Å²) in [7, 11) is 0. The number of nitrogens with one attached hydrogen (secondary N) is 1. The molecule has 6 atom stereocenters. The van der Waals surface area contributed by atoms with Crippen molar-refractivity contribution in [2.75, 3.05) is 18.5 Å². The Labute approximate surface area is 198 Å². The maximum absolute atomic E-state index is 13.9. The summed E-state index contributed by atoms with van der Waals surface area (Å²) >= 11 is 5.97. The predicted octanol–water partition coefficient (Wildman–Crippen LogP) is 2.62. The van der Waals surface area contributed by atoms with Crippen molar-refractivity contribution in [3.8, 4) is 0 Å². The third-order valence-corrected chi connectivity index (χ3v) is 7.68. The molecule has 2 bridgehead atoms. The van der Waals surface area contributed by atoms with Gasteiger partial charge in [0.05, 0.1) is 30.8 Å². The summed E-state index contributed by atoms with van der Waals surface area (Å²) in [6.45, 7) is 7.19. The largest absolute Gasteiger partial charge is 0.466 e. The number of carbonyl (C=O) groups is 3. The summed E-state index contributed by atoms with van der Waals surface area (Å²) < 4.78 is 11.8. The first-order chi connectivity index (χ1) is 15.6. The Hall–Kier alpha value is -2.16. The van der Waals surface area contributed by atoms with E-state index in [1.807, 2.05) is 20.8 Å². The molecule has 1 aromatic rings. The average Bonchev–Trinajstić information content (AvgIpc) is 3.31. The molecule has 0 aromatic heterocycles. The van der Waals surface area contributed by atoms with Gasteiger partial charge in [0.1, 0.15) is 17.6 Å². The van der Waals surface area contributed by atoms with E-state index in [0.29, 0.717) is 23.6 Å². The van der Waals surface area contributed by atoms with Gasteiger partial charge in [-0.3, -0.25) is 14.4 Å². The molecule has 3 heterocycles. The highest BCUT2D eigenvalue weighted by Gasteiger charge is 2.78. The van der Waals surface area contributed by atoms with Crippen molar-refractivity contribution >= 4 is 35.1 Å². The van der Waals surface area contributed by atoms with E-state index in [4.69, 9.17) is 21.1 Å². The lowest BCUT2D eigenvalue weighted by Crippen LogP contribution is -2.57. The third kappa shape index (κ3) is 3.63. The van der Waals surface area contributed by atoms with Gasteiger partial charge in [0.15, 0.2) is 0 Å². The Kier molecular flexibility index (Phi) is 6.22. The van der Waals surface area contributed by atoms with Crippen LogP contribution in [0.3, 0.4) is 0 Å². The first kappa shape index (κ1) is 24.0. The lowest BCUT2D eigenvalue weighted by atomic mass is 9.66. The molecule has 3 aliphatic rings. The quantitative estimate of drug-likeness (QED) is 0.584. The number of fused-ring (bicyclic) bond motifs is 1. The van der Waals surface area contributed by atoms with Crippen LogP contribution in [-0.4, -0.2) is 64.3 Å². The molecule has 2 unspecified atom stereocenters. The van der Waals surface area contributed by atoms with Crippen LogP contribution in [0.1, 0.15) is 40.5 Å². The van der Waals surface area contributed by atoms with Crippen LogP contribution >= 0.6 is 11.6 Å². The Balaban J connectivity index is 1.78. The highest BCUT2D eigenvalue weighted by Crippen LogP contribution is 2.63. The molecule has 0 aliphatic carbocycles. The molecule has 9 heteroatoms. The van der Waals surface area contributed by atoms with E-state index in [2.05, 4.69) is 5.32 Å². The molecule has 180 valence electrons. The first-order valence-electron chi connectivity index (χ1n) is 11.5. The van der Waals surface area contributed by atoms with E-state index in [0.717, 1.165) is 0 Å². The number of aliphatic hydroxyl groups excluding tert-OH is 1. The minimum atomic E-state index is -1.16. The van der Waals surface area contributed by atoms with Crippen LogP contribution in [0.5, 0.6) is 0 Å². The molecule has 0 saturated carbocycles. The topological polar surface area (TPSA) is 105 Å². The number of anilines is 1. The van der Waals surface area contributed by atoms with Crippen LogP contribution in [0.15, 0.2) is 24.3 Å². The van der Waals surface area contributed by atoms with Crippen molar-refractivity contribution in [3.05, 3.63) is 29.3 Å². The van der Waals surface area contributed by atoms with E-state index in [-0.39, 0.29) is 25.0 Å². The summed E-state index contributed by atoms with van der Waals surface area (Å²) in [4.78, 5) is 42.0. The number of halogens is 1. The van der Waals surface area contributed by atoms with E-state index in [1.165, 1.54) is 4.90 Å². The fourth-order valence-corrected chi connectivity index (χ4v) is 6.10. The number of esters is 1. The molecule has 33 heavy (non-hydrogen) atoms.